The van der Waals surface area contributed by atoms with Gasteiger partial charge in [0.1, 0.15) is 5.82 Å². The van der Waals surface area contributed by atoms with E-state index in [2.05, 4.69) is 15.3 Å². The van der Waals surface area contributed by atoms with Gasteiger partial charge >= 0.3 is 0 Å². The smallest absolute Gasteiger partial charge is 0.255 e. The van der Waals surface area contributed by atoms with Crippen LogP contribution < -0.4 is 5.32 Å². The van der Waals surface area contributed by atoms with E-state index in [1.165, 1.54) is 0 Å². The number of imidazole rings is 1. The monoisotopic (exact) mass is 395 g/mol. The van der Waals surface area contributed by atoms with Crippen LogP contribution in [0.3, 0.4) is 0 Å². The van der Waals surface area contributed by atoms with Crippen LogP contribution in [0.25, 0.3) is 22.4 Å². The summed E-state index contributed by atoms with van der Waals surface area (Å²) in [5, 5.41) is 3.92. The first-order chi connectivity index (χ1) is 13.0. The number of para-hydroxylation sites is 2. The van der Waals surface area contributed by atoms with Crippen molar-refractivity contribution in [2.75, 3.05) is 5.32 Å². The summed E-state index contributed by atoms with van der Waals surface area (Å²) in [5.74, 6) is 0.471. The summed E-state index contributed by atoms with van der Waals surface area (Å²) >= 11 is 12.3. The van der Waals surface area contributed by atoms with E-state index in [1.54, 1.807) is 24.3 Å². The molecule has 6 heteroatoms. The lowest BCUT2D eigenvalue weighted by atomic mass is 10.1. The number of hydrogen-bond donors (Lipinski definition) is 2. The molecule has 1 heterocycles. The van der Waals surface area contributed by atoms with Crippen molar-refractivity contribution >= 4 is 45.8 Å². The van der Waals surface area contributed by atoms with Crippen LogP contribution in [0.2, 0.25) is 10.0 Å². The number of amides is 1. The molecule has 0 bridgehead atoms. The second-order valence-electron chi connectivity index (χ2n) is 6.21. The number of aromatic amines is 1. The zero-order chi connectivity index (χ0) is 19.0. The highest BCUT2D eigenvalue weighted by molar-refractivity contribution is 6.34. The molecular formula is C21H15Cl2N3O. The molecular weight excluding hydrogens is 381 g/mol. The normalized spacial score (nSPS) is 10.9. The number of aryl methyl sites for hydroxylation is 1. The van der Waals surface area contributed by atoms with Gasteiger partial charge in [0.15, 0.2) is 0 Å². The van der Waals surface area contributed by atoms with Crippen molar-refractivity contribution < 1.29 is 4.79 Å². The molecule has 0 saturated heterocycles. The first kappa shape index (κ1) is 17.6. The van der Waals surface area contributed by atoms with Crippen LogP contribution in [-0.2, 0) is 0 Å². The highest BCUT2D eigenvalue weighted by atomic mass is 35.5. The summed E-state index contributed by atoms with van der Waals surface area (Å²) < 4.78 is 0. The molecule has 0 saturated carbocycles. The highest BCUT2D eigenvalue weighted by Gasteiger charge is 2.13. The fraction of sp³-hybridized carbons (Fsp3) is 0.0476. The van der Waals surface area contributed by atoms with Crippen LogP contribution in [0.1, 0.15) is 15.9 Å². The topological polar surface area (TPSA) is 57.8 Å². The van der Waals surface area contributed by atoms with Crippen molar-refractivity contribution in [2.24, 2.45) is 0 Å². The van der Waals surface area contributed by atoms with Crippen LogP contribution in [-0.4, -0.2) is 15.9 Å². The molecule has 4 nitrogen and oxygen atoms in total. The third-order valence-electron chi connectivity index (χ3n) is 4.31. The molecule has 0 aliphatic carbocycles. The number of H-pyrrole nitrogens is 1. The molecule has 3 aromatic carbocycles. The molecule has 27 heavy (non-hydrogen) atoms. The third-order valence-corrected chi connectivity index (χ3v) is 4.88. The van der Waals surface area contributed by atoms with E-state index >= 15 is 0 Å². The molecule has 134 valence electrons. The van der Waals surface area contributed by atoms with E-state index in [1.807, 2.05) is 43.3 Å². The number of carbonyl (C=O) groups excluding carboxylic acids is 1. The van der Waals surface area contributed by atoms with Gasteiger partial charge in [-0.1, -0.05) is 35.3 Å². The van der Waals surface area contributed by atoms with Crippen molar-refractivity contribution in [2.45, 2.75) is 6.92 Å². The van der Waals surface area contributed by atoms with Gasteiger partial charge in [-0.3, -0.25) is 4.79 Å². The SMILES string of the molecule is Cc1cc(Cl)ccc1C(=O)Nc1cc(-c2nc3ccccc3[nH]2)ccc1Cl. The third kappa shape index (κ3) is 3.54. The highest BCUT2D eigenvalue weighted by Crippen LogP contribution is 2.29. The Morgan fingerprint density at radius 3 is 2.63 bits per heavy atom. The fourth-order valence-electron chi connectivity index (χ4n) is 2.93. The number of aromatic nitrogens is 2. The first-order valence-electron chi connectivity index (χ1n) is 8.33. The minimum absolute atomic E-state index is 0.243. The van der Waals surface area contributed by atoms with Gasteiger partial charge in [0.05, 0.1) is 21.7 Å². The van der Waals surface area contributed by atoms with Crippen molar-refractivity contribution in [1.29, 1.82) is 0 Å². The molecule has 4 rings (SSSR count). The van der Waals surface area contributed by atoms with Crippen molar-refractivity contribution in [3.8, 4) is 11.4 Å². The maximum atomic E-state index is 12.7. The number of hydrogen-bond acceptors (Lipinski definition) is 2. The lowest BCUT2D eigenvalue weighted by Gasteiger charge is -2.10. The Kier molecular flexibility index (Phi) is 4.60. The Bertz CT molecular complexity index is 1130. The van der Waals surface area contributed by atoms with Crippen LogP contribution in [0.4, 0.5) is 5.69 Å². The predicted molar refractivity (Wildman–Crippen MR) is 111 cm³/mol. The molecule has 2 N–H and O–H groups in total. The molecule has 0 aliphatic heterocycles. The molecule has 4 aromatic rings. The number of rotatable bonds is 3. The summed E-state index contributed by atoms with van der Waals surface area (Å²) in [6.07, 6.45) is 0. The molecule has 1 aromatic heterocycles. The second-order valence-corrected chi connectivity index (χ2v) is 7.05. The summed E-state index contributed by atoms with van der Waals surface area (Å²) in [6.45, 7) is 1.84. The number of benzene rings is 3. The van der Waals surface area contributed by atoms with Gasteiger partial charge in [-0.05, 0) is 61.0 Å². The Hall–Kier alpha value is -2.82. The van der Waals surface area contributed by atoms with E-state index in [0.717, 1.165) is 22.2 Å². The summed E-state index contributed by atoms with van der Waals surface area (Å²) in [5.41, 5.74) is 4.52. The van der Waals surface area contributed by atoms with E-state index in [4.69, 9.17) is 23.2 Å². The lowest BCUT2D eigenvalue weighted by molar-refractivity contribution is 0.102. The van der Waals surface area contributed by atoms with Gasteiger partial charge in [-0.15, -0.1) is 0 Å². The number of nitrogens with one attached hydrogen (secondary N) is 2. The quantitative estimate of drug-likeness (QED) is 0.440. The zero-order valence-corrected chi connectivity index (χ0v) is 15.9. The van der Waals surface area contributed by atoms with Gasteiger partial charge in [-0.25, -0.2) is 4.98 Å². The Morgan fingerprint density at radius 2 is 1.85 bits per heavy atom. The van der Waals surface area contributed by atoms with Crippen molar-refractivity contribution in [1.82, 2.24) is 9.97 Å². The lowest BCUT2D eigenvalue weighted by Crippen LogP contribution is -2.13. The van der Waals surface area contributed by atoms with Crippen molar-refractivity contribution in [3.63, 3.8) is 0 Å². The predicted octanol–water partition coefficient (Wildman–Crippen LogP) is 6.10. The minimum Gasteiger partial charge on any atom is -0.338 e. The van der Waals surface area contributed by atoms with Gasteiger partial charge in [-0.2, -0.15) is 0 Å². The van der Waals surface area contributed by atoms with Crippen molar-refractivity contribution in [3.05, 3.63) is 81.8 Å². The van der Waals surface area contributed by atoms with Gasteiger partial charge in [0.2, 0.25) is 0 Å². The molecule has 0 fully saturated rings. The van der Waals surface area contributed by atoms with Crippen LogP contribution in [0.5, 0.6) is 0 Å². The first-order valence-corrected chi connectivity index (χ1v) is 9.09. The number of halogens is 2. The standard InChI is InChI=1S/C21H15Cl2N3O/c1-12-10-14(22)7-8-15(12)21(27)26-19-11-13(6-9-16(19)23)20-24-17-4-2-3-5-18(17)25-20/h2-11H,1H3,(H,24,25)(H,26,27). The number of fused-ring (bicyclic) bond motifs is 1. The Labute approximate surface area is 166 Å². The van der Waals surface area contributed by atoms with E-state index in [9.17, 15) is 4.79 Å². The van der Waals surface area contributed by atoms with E-state index < -0.39 is 0 Å². The number of carbonyl (C=O) groups is 1. The number of anilines is 1. The molecule has 0 spiro atoms. The van der Waals surface area contributed by atoms with Gasteiger partial charge in [0.25, 0.3) is 5.91 Å². The maximum absolute atomic E-state index is 12.7. The summed E-state index contributed by atoms with van der Waals surface area (Å²) in [4.78, 5) is 20.5. The maximum Gasteiger partial charge on any atom is 0.255 e. The largest absolute Gasteiger partial charge is 0.338 e. The number of nitrogens with zero attached hydrogens (tertiary/aromatic N) is 1. The Morgan fingerprint density at radius 1 is 1.04 bits per heavy atom. The summed E-state index contributed by atoms with van der Waals surface area (Å²) in [7, 11) is 0. The molecule has 0 atom stereocenters. The molecule has 1 amide bonds. The van der Waals surface area contributed by atoms with E-state index in [0.29, 0.717) is 27.1 Å². The Balaban J connectivity index is 1.67. The summed E-state index contributed by atoms with van der Waals surface area (Å²) in [6, 6.07) is 18.4. The zero-order valence-electron chi connectivity index (χ0n) is 14.4. The van der Waals surface area contributed by atoms with Gasteiger partial charge in [0, 0.05) is 16.1 Å². The minimum atomic E-state index is -0.243. The van der Waals surface area contributed by atoms with Crippen LogP contribution in [0, 0.1) is 6.92 Å². The molecule has 0 unspecified atom stereocenters. The average molecular weight is 396 g/mol. The molecule has 0 radical (unpaired) electrons. The molecule has 0 aliphatic rings. The van der Waals surface area contributed by atoms with Gasteiger partial charge < -0.3 is 10.3 Å². The second kappa shape index (κ2) is 7.06. The van der Waals surface area contributed by atoms with E-state index in [-0.39, 0.29) is 5.91 Å². The fourth-order valence-corrected chi connectivity index (χ4v) is 3.32. The average Bonchev–Trinajstić information content (AvgIpc) is 3.07. The van der Waals surface area contributed by atoms with Crippen LogP contribution in [0.15, 0.2) is 60.7 Å². The van der Waals surface area contributed by atoms with Crippen LogP contribution >= 0.6 is 23.2 Å².